The highest BCUT2D eigenvalue weighted by atomic mass is 15.3. The number of benzene rings is 10. The maximum atomic E-state index is 5.86. The molecule has 0 bridgehead atoms. The van der Waals surface area contributed by atoms with Crippen LogP contribution in [0.5, 0.6) is 0 Å². The highest BCUT2D eigenvalue weighted by molar-refractivity contribution is 6.14. The molecule has 6 atom stereocenters. The second-order valence-electron chi connectivity index (χ2n) is 26.2. The first kappa shape index (κ1) is 49.3. The molecule has 2 saturated carbocycles. The molecule has 6 aliphatic rings. The minimum absolute atomic E-state index is 0.143. The number of anilines is 2. The molecule has 2 fully saturated rings. The topological polar surface area (TPSA) is 66.6 Å². The van der Waals surface area contributed by atoms with E-state index in [2.05, 4.69) is 301 Å². The molecule has 16 aromatic rings. The zero-order valence-electron chi connectivity index (χ0n) is 49.9. The molecule has 5 aliphatic carbocycles. The number of fused-ring (bicyclic) bond motifs is 22. The molecule has 1 aliphatic heterocycles. The second kappa shape index (κ2) is 18.1. The van der Waals surface area contributed by atoms with Crippen LogP contribution >= 0.6 is 0 Å². The van der Waals surface area contributed by atoms with Gasteiger partial charge >= 0.3 is 0 Å². The Balaban J connectivity index is 0.808. The van der Waals surface area contributed by atoms with Crippen molar-refractivity contribution in [1.82, 2.24) is 37.8 Å². The van der Waals surface area contributed by atoms with E-state index in [1.807, 2.05) is 0 Å². The van der Waals surface area contributed by atoms with Gasteiger partial charge < -0.3 is 18.6 Å². The van der Waals surface area contributed by atoms with Crippen LogP contribution in [0.1, 0.15) is 58.7 Å². The summed E-state index contributed by atoms with van der Waals surface area (Å²) < 4.78 is 12.3. The lowest BCUT2D eigenvalue weighted by Crippen LogP contribution is -2.28. The van der Waals surface area contributed by atoms with Crippen LogP contribution < -0.4 is 4.90 Å². The van der Waals surface area contributed by atoms with E-state index in [1.54, 1.807) is 0 Å². The molecule has 0 N–H and O–H groups in total. The van der Waals surface area contributed by atoms with Crippen molar-refractivity contribution >= 4 is 116 Å². The van der Waals surface area contributed by atoms with Crippen molar-refractivity contribution in [2.24, 2.45) is 11.8 Å². The first-order valence-electron chi connectivity index (χ1n) is 32.5. The van der Waals surface area contributed by atoms with Gasteiger partial charge in [-0.1, -0.05) is 176 Å². The van der Waals surface area contributed by atoms with E-state index in [9.17, 15) is 0 Å². The lowest BCUT2D eigenvalue weighted by Gasteiger charge is -2.28. The van der Waals surface area contributed by atoms with Crippen LogP contribution in [0.4, 0.5) is 11.4 Å². The van der Waals surface area contributed by atoms with E-state index >= 15 is 0 Å². The average Bonchev–Trinajstić information content (AvgIpc) is 1.53. The van der Waals surface area contributed by atoms with Gasteiger partial charge in [0.2, 0.25) is 11.9 Å². The van der Waals surface area contributed by atoms with Gasteiger partial charge in [-0.15, -0.1) is 0 Å². The summed E-state index contributed by atoms with van der Waals surface area (Å²) in [5, 5.41) is 9.69. The average molecular weight is 1180 g/mol. The molecule has 7 heterocycles. The molecule has 10 aromatic carbocycles. The summed E-state index contributed by atoms with van der Waals surface area (Å²) >= 11 is 0. The Morgan fingerprint density at radius 2 is 0.859 bits per heavy atom. The van der Waals surface area contributed by atoms with E-state index in [-0.39, 0.29) is 17.9 Å². The number of rotatable bonds is 7. The number of para-hydroxylation sites is 6. The Labute approximate surface area is 528 Å². The van der Waals surface area contributed by atoms with Crippen LogP contribution in [0, 0.1) is 11.8 Å². The third-order valence-corrected chi connectivity index (χ3v) is 21.4. The van der Waals surface area contributed by atoms with Crippen LogP contribution in [0.2, 0.25) is 0 Å². The van der Waals surface area contributed by atoms with Gasteiger partial charge in [-0.05, 0) is 121 Å². The summed E-state index contributed by atoms with van der Waals surface area (Å²) in [4.78, 5) is 19.7. The second-order valence-corrected chi connectivity index (χ2v) is 26.2. The lowest BCUT2D eigenvalue weighted by atomic mass is 9.91. The Morgan fingerprint density at radius 3 is 1.52 bits per heavy atom. The van der Waals surface area contributed by atoms with Crippen molar-refractivity contribution in [1.29, 1.82) is 0 Å². The van der Waals surface area contributed by atoms with Gasteiger partial charge in [-0.3, -0.25) is 9.13 Å². The highest BCUT2D eigenvalue weighted by Crippen LogP contribution is 2.63. The minimum atomic E-state index is 0.143. The predicted molar refractivity (Wildman–Crippen MR) is 375 cm³/mol. The Hall–Kier alpha value is -11.6. The van der Waals surface area contributed by atoms with Gasteiger partial charge in [0.15, 0.2) is 5.82 Å². The highest BCUT2D eigenvalue weighted by Gasteiger charge is 2.51. The standard InChI is InChI=1S/C83H55N9/c1-2-18-48(19-3-1)81-84-82(91-75-39-35-50(87-68-27-11-4-20-53(68)54-21-5-12-28-69(54)87)43-62(75)63-44-51(36-40-76(63)91)88-70-29-13-6-22-55(70)56-23-7-14-30-71(56)88)86-83(85-81)92-77-41-37-52(89-72-31-15-8-24-57(72)58-25-9-16-32-73(58)89)45-64(77)67-47-78(65-46-66(65)80(67)92)90-74-33-17-10-26-59(74)60-38-34-49-42-61(49)79(60)90/h1-41,43-45,47,49,53,61,65-66,68H,42,46H2. The van der Waals surface area contributed by atoms with Crippen molar-refractivity contribution in [3.8, 4) is 34.7 Å². The van der Waals surface area contributed by atoms with E-state index in [0.29, 0.717) is 35.5 Å². The Bertz CT molecular complexity index is 5990. The smallest absolute Gasteiger partial charge is 0.240 e. The number of aromatic nitrogens is 8. The van der Waals surface area contributed by atoms with E-state index < -0.39 is 0 Å². The normalized spacial score (nSPS) is 19.8. The quantitative estimate of drug-likeness (QED) is 0.159. The van der Waals surface area contributed by atoms with Crippen molar-refractivity contribution in [3.63, 3.8) is 0 Å². The Kier molecular flexibility index (Phi) is 9.70. The molecule has 0 spiro atoms. The fraction of sp³-hybridized carbons (Fsp3) is 0.0964. The first-order valence-corrected chi connectivity index (χ1v) is 32.5. The molecule has 6 unspecified atom stereocenters. The van der Waals surface area contributed by atoms with Gasteiger partial charge in [0.05, 0.1) is 50.2 Å². The molecule has 0 saturated heterocycles. The third-order valence-electron chi connectivity index (χ3n) is 21.4. The molecule has 432 valence electrons. The Morgan fingerprint density at radius 1 is 0.348 bits per heavy atom. The molecule has 9 heteroatoms. The van der Waals surface area contributed by atoms with Crippen LogP contribution in [0.3, 0.4) is 0 Å². The summed E-state index contributed by atoms with van der Waals surface area (Å²) in [7, 11) is 0. The molecule has 6 aromatic heterocycles. The van der Waals surface area contributed by atoms with Crippen LogP contribution in [0.15, 0.2) is 261 Å². The molecular weight excluding hydrogens is 1120 g/mol. The summed E-state index contributed by atoms with van der Waals surface area (Å²) in [5.41, 5.74) is 22.7. The van der Waals surface area contributed by atoms with Crippen molar-refractivity contribution in [2.45, 2.75) is 36.6 Å². The molecule has 22 rings (SSSR count). The van der Waals surface area contributed by atoms with Crippen LogP contribution in [0.25, 0.3) is 140 Å². The fourth-order valence-electron chi connectivity index (χ4n) is 17.3. The number of nitrogens with zero attached hydrogens (tertiary/aromatic N) is 9. The summed E-state index contributed by atoms with van der Waals surface area (Å²) in [6.45, 7) is 0. The monoisotopic (exact) mass is 1180 g/mol. The number of hydrogen-bond donors (Lipinski definition) is 0. The van der Waals surface area contributed by atoms with E-state index in [4.69, 9.17) is 15.0 Å². The molecule has 9 nitrogen and oxygen atoms in total. The van der Waals surface area contributed by atoms with Crippen molar-refractivity contribution in [2.75, 3.05) is 4.90 Å². The summed E-state index contributed by atoms with van der Waals surface area (Å²) in [5.74, 6) is 3.72. The fourth-order valence-corrected chi connectivity index (χ4v) is 17.3. The van der Waals surface area contributed by atoms with Crippen molar-refractivity contribution < 1.29 is 0 Å². The maximum Gasteiger partial charge on any atom is 0.240 e. The van der Waals surface area contributed by atoms with Crippen LogP contribution in [-0.4, -0.2) is 43.8 Å². The largest absolute Gasteiger partial charge is 0.333 e. The van der Waals surface area contributed by atoms with E-state index in [0.717, 1.165) is 56.4 Å². The van der Waals surface area contributed by atoms with Gasteiger partial charge in [-0.25, -0.2) is 0 Å². The number of hydrogen-bond acceptors (Lipinski definition) is 4. The first-order chi connectivity index (χ1) is 45.6. The minimum Gasteiger partial charge on any atom is -0.333 e. The molecule has 0 radical (unpaired) electrons. The molecule has 0 amide bonds. The summed E-state index contributed by atoms with van der Waals surface area (Å²) in [6.07, 6.45) is 18.8. The molecular formula is C83H55N9. The van der Waals surface area contributed by atoms with Gasteiger partial charge in [0.1, 0.15) is 0 Å². The van der Waals surface area contributed by atoms with Gasteiger partial charge in [0.25, 0.3) is 0 Å². The zero-order valence-corrected chi connectivity index (χ0v) is 49.9. The molecule has 92 heavy (non-hydrogen) atoms. The van der Waals surface area contributed by atoms with Gasteiger partial charge in [-0.2, -0.15) is 15.0 Å². The third kappa shape index (κ3) is 6.68. The zero-order chi connectivity index (χ0) is 59.6. The SMILES string of the molecule is C1=CC2c3ccccc3N(c3ccc4c(c3)c3cc(-n5c6ccccc6c6ccccc65)ccc3n4-c3nc(-c4ccccc4)nc(-n4c5c(c6cc(-n7c8ccccc8c8ccccc87)ccc64)C=C(n4c6c(c7ccccc74)C=CC4CC64)C4CC54)n3)C2C=C1. The maximum absolute atomic E-state index is 5.86. The predicted octanol–water partition coefficient (Wildman–Crippen LogP) is 19.7. The van der Waals surface area contributed by atoms with E-state index in [1.165, 1.54) is 106 Å². The lowest BCUT2D eigenvalue weighted by molar-refractivity contribution is 0.745. The number of allylic oxidation sites excluding steroid dienone is 4. The van der Waals surface area contributed by atoms with Gasteiger partial charge in [0, 0.05) is 123 Å². The summed E-state index contributed by atoms with van der Waals surface area (Å²) in [6, 6.07) is 85.0. The van der Waals surface area contributed by atoms with Crippen molar-refractivity contribution in [3.05, 3.63) is 289 Å². The van der Waals surface area contributed by atoms with Crippen LogP contribution in [-0.2, 0) is 0 Å².